The van der Waals surface area contributed by atoms with Crippen molar-refractivity contribution in [2.24, 2.45) is 0 Å². The summed E-state index contributed by atoms with van der Waals surface area (Å²) in [4.78, 5) is 2.37. The number of rotatable bonds is 6. The molecule has 1 atom stereocenters. The van der Waals surface area contributed by atoms with Crippen molar-refractivity contribution in [3.63, 3.8) is 0 Å². The van der Waals surface area contributed by atoms with Crippen molar-refractivity contribution in [2.75, 3.05) is 32.8 Å². The molecule has 1 unspecified atom stereocenters. The second-order valence-electron chi connectivity index (χ2n) is 6.59. The normalized spacial score (nSPS) is 22.2. The Morgan fingerprint density at radius 1 is 1.33 bits per heavy atom. The van der Waals surface area contributed by atoms with E-state index in [1.165, 1.54) is 5.56 Å². The van der Waals surface area contributed by atoms with E-state index in [2.05, 4.69) is 43.1 Å². The number of nitrogens with one attached hydrogen (secondary N) is 1. The number of benzene rings is 1. The summed E-state index contributed by atoms with van der Waals surface area (Å²) in [5.74, 6) is 0.931. The largest absolute Gasteiger partial charge is 0.494 e. The minimum Gasteiger partial charge on any atom is -0.494 e. The van der Waals surface area contributed by atoms with Gasteiger partial charge in [-0.1, -0.05) is 17.7 Å². The van der Waals surface area contributed by atoms with Crippen LogP contribution in [0.1, 0.15) is 25.8 Å². The van der Waals surface area contributed by atoms with E-state index < -0.39 is 0 Å². The fourth-order valence-electron chi connectivity index (χ4n) is 2.75. The average molecular weight is 292 g/mol. The van der Waals surface area contributed by atoms with Gasteiger partial charge in [-0.05, 0) is 39.3 Å². The van der Waals surface area contributed by atoms with Crippen LogP contribution >= 0.6 is 0 Å². The van der Waals surface area contributed by atoms with Gasteiger partial charge < -0.3 is 15.2 Å². The molecule has 118 valence electrons. The SMILES string of the molecule is Cc1ccc(OCCCN2CC(C)(C)NCC2CO)cc1. The van der Waals surface area contributed by atoms with E-state index in [-0.39, 0.29) is 18.2 Å². The first-order valence-corrected chi connectivity index (χ1v) is 7.79. The molecule has 1 aromatic carbocycles. The van der Waals surface area contributed by atoms with Crippen molar-refractivity contribution < 1.29 is 9.84 Å². The quantitative estimate of drug-likeness (QED) is 0.785. The highest BCUT2D eigenvalue weighted by Crippen LogP contribution is 2.16. The number of aliphatic hydroxyl groups is 1. The standard InChI is InChI=1S/C17H28N2O2/c1-14-5-7-16(8-6-14)21-10-4-9-19-13-17(2,3)18-11-15(19)12-20/h5-8,15,18,20H,4,9-13H2,1-3H3. The van der Waals surface area contributed by atoms with Gasteiger partial charge in [-0.25, -0.2) is 0 Å². The van der Waals surface area contributed by atoms with Gasteiger partial charge in [0.2, 0.25) is 0 Å². The Balaban J connectivity index is 1.74. The van der Waals surface area contributed by atoms with Gasteiger partial charge in [0.15, 0.2) is 0 Å². The van der Waals surface area contributed by atoms with Gasteiger partial charge in [0.25, 0.3) is 0 Å². The molecule has 1 fully saturated rings. The first-order valence-electron chi connectivity index (χ1n) is 7.79. The highest BCUT2D eigenvalue weighted by atomic mass is 16.5. The van der Waals surface area contributed by atoms with Gasteiger partial charge in [0, 0.05) is 31.2 Å². The molecular formula is C17H28N2O2. The summed E-state index contributed by atoms with van der Waals surface area (Å²) >= 11 is 0. The number of hydrogen-bond acceptors (Lipinski definition) is 4. The summed E-state index contributed by atoms with van der Waals surface area (Å²) in [6.07, 6.45) is 0.973. The van der Waals surface area contributed by atoms with Crippen LogP contribution in [0.4, 0.5) is 0 Å². The summed E-state index contributed by atoms with van der Waals surface area (Å²) < 4.78 is 5.77. The monoisotopic (exact) mass is 292 g/mol. The Morgan fingerprint density at radius 2 is 2.05 bits per heavy atom. The Kier molecular flexibility index (Phi) is 5.62. The van der Waals surface area contributed by atoms with Crippen molar-refractivity contribution >= 4 is 0 Å². The van der Waals surface area contributed by atoms with E-state index in [0.29, 0.717) is 6.61 Å². The molecule has 1 saturated heterocycles. The number of ether oxygens (including phenoxy) is 1. The summed E-state index contributed by atoms with van der Waals surface area (Å²) in [6.45, 7) is 10.2. The minimum atomic E-state index is 0.115. The van der Waals surface area contributed by atoms with Crippen LogP contribution in [0.2, 0.25) is 0 Å². The van der Waals surface area contributed by atoms with Gasteiger partial charge in [-0.2, -0.15) is 0 Å². The molecule has 1 aliphatic rings. The van der Waals surface area contributed by atoms with E-state index in [1.807, 2.05) is 12.1 Å². The molecule has 0 bridgehead atoms. The number of piperazine rings is 1. The maximum absolute atomic E-state index is 9.48. The molecule has 0 saturated carbocycles. The van der Waals surface area contributed by atoms with Crippen molar-refractivity contribution in [3.05, 3.63) is 29.8 Å². The topological polar surface area (TPSA) is 44.7 Å². The van der Waals surface area contributed by atoms with E-state index in [9.17, 15) is 5.11 Å². The third-order valence-corrected chi connectivity index (χ3v) is 4.02. The second-order valence-corrected chi connectivity index (χ2v) is 6.59. The maximum Gasteiger partial charge on any atom is 0.119 e. The molecular weight excluding hydrogens is 264 g/mol. The fraction of sp³-hybridized carbons (Fsp3) is 0.647. The third kappa shape index (κ3) is 4.99. The van der Waals surface area contributed by atoms with Gasteiger partial charge in [-0.3, -0.25) is 4.90 Å². The number of aliphatic hydroxyl groups excluding tert-OH is 1. The van der Waals surface area contributed by atoms with Crippen LogP contribution in [-0.2, 0) is 0 Å². The lowest BCUT2D eigenvalue weighted by molar-refractivity contribution is 0.0533. The van der Waals surface area contributed by atoms with Gasteiger partial charge in [0.05, 0.1) is 13.2 Å². The molecule has 1 aromatic rings. The first kappa shape index (κ1) is 16.3. The van der Waals surface area contributed by atoms with Crippen LogP contribution in [0.3, 0.4) is 0 Å². The molecule has 1 aliphatic heterocycles. The van der Waals surface area contributed by atoms with Crippen molar-refractivity contribution in [2.45, 2.75) is 38.8 Å². The summed E-state index contributed by atoms with van der Waals surface area (Å²) in [5.41, 5.74) is 1.36. The zero-order valence-corrected chi connectivity index (χ0v) is 13.4. The van der Waals surface area contributed by atoms with Crippen molar-refractivity contribution in [3.8, 4) is 5.75 Å². The number of hydrogen-bond donors (Lipinski definition) is 2. The minimum absolute atomic E-state index is 0.115. The van der Waals surface area contributed by atoms with Crippen molar-refractivity contribution in [1.29, 1.82) is 0 Å². The van der Waals surface area contributed by atoms with E-state index in [4.69, 9.17) is 4.74 Å². The van der Waals surface area contributed by atoms with Crippen LogP contribution in [0.15, 0.2) is 24.3 Å². The van der Waals surface area contributed by atoms with E-state index in [1.54, 1.807) is 0 Å². The predicted molar refractivity (Wildman–Crippen MR) is 85.8 cm³/mol. The molecule has 0 aromatic heterocycles. The Bertz CT molecular complexity index is 431. The van der Waals surface area contributed by atoms with Gasteiger partial charge in [0.1, 0.15) is 5.75 Å². The summed E-state index contributed by atoms with van der Waals surface area (Å²) in [6, 6.07) is 8.38. The van der Waals surface area contributed by atoms with Crippen molar-refractivity contribution in [1.82, 2.24) is 10.2 Å². The maximum atomic E-state index is 9.48. The Morgan fingerprint density at radius 3 is 2.71 bits per heavy atom. The molecule has 0 spiro atoms. The molecule has 2 rings (SSSR count). The average Bonchev–Trinajstić information content (AvgIpc) is 2.45. The van der Waals surface area contributed by atoms with Gasteiger partial charge in [-0.15, -0.1) is 0 Å². The first-order chi connectivity index (χ1) is 10.00. The van der Waals surface area contributed by atoms with Crippen LogP contribution < -0.4 is 10.1 Å². The molecule has 0 aliphatic carbocycles. The van der Waals surface area contributed by atoms with E-state index >= 15 is 0 Å². The zero-order valence-electron chi connectivity index (χ0n) is 13.4. The number of aryl methyl sites for hydroxylation is 1. The van der Waals surface area contributed by atoms with Gasteiger partial charge >= 0.3 is 0 Å². The molecule has 4 nitrogen and oxygen atoms in total. The molecule has 1 heterocycles. The Hall–Kier alpha value is -1.10. The zero-order chi connectivity index (χ0) is 15.3. The number of nitrogens with zero attached hydrogens (tertiary/aromatic N) is 1. The second kappa shape index (κ2) is 7.25. The van der Waals surface area contributed by atoms with Crippen LogP contribution in [-0.4, -0.2) is 54.4 Å². The van der Waals surface area contributed by atoms with Crippen LogP contribution in [0.25, 0.3) is 0 Å². The Labute approximate surface area is 128 Å². The fourth-order valence-corrected chi connectivity index (χ4v) is 2.75. The van der Waals surface area contributed by atoms with Crippen LogP contribution in [0.5, 0.6) is 5.75 Å². The molecule has 2 N–H and O–H groups in total. The molecule has 0 radical (unpaired) electrons. The smallest absolute Gasteiger partial charge is 0.119 e. The predicted octanol–water partition coefficient (Wildman–Crippen LogP) is 1.81. The summed E-state index contributed by atoms with van der Waals surface area (Å²) in [5, 5.41) is 13.0. The lowest BCUT2D eigenvalue weighted by Crippen LogP contribution is -2.62. The molecule has 0 amide bonds. The third-order valence-electron chi connectivity index (χ3n) is 4.02. The lowest BCUT2D eigenvalue weighted by Gasteiger charge is -2.44. The lowest BCUT2D eigenvalue weighted by atomic mass is 9.99. The molecule has 4 heteroatoms. The van der Waals surface area contributed by atoms with E-state index in [0.717, 1.165) is 31.8 Å². The highest BCUT2D eigenvalue weighted by molar-refractivity contribution is 5.26. The highest BCUT2D eigenvalue weighted by Gasteiger charge is 2.31. The van der Waals surface area contributed by atoms with Crippen LogP contribution in [0, 0.1) is 6.92 Å². The summed E-state index contributed by atoms with van der Waals surface area (Å²) in [7, 11) is 0. The molecule has 21 heavy (non-hydrogen) atoms.